The smallest absolute Gasteiger partial charge is 0.120 e. The Bertz CT molecular complexity index is 677. The third-order valence-electron chi connectivity index (χ3n) is 5.63. The van der Waals surface area contributed by atoms with Crippen molar-refractivity contribution in [2.24, 2.45) is 0 Å². The van der Waals surface area contributed by atoms with Crippen LogP contribution in [-0.4, -0.2) is 48.8 Å². The van der Waals surface area contributed by atoms with E-state index in [4.69, 9.17) is 9.47 Å². The van der Waals surface area contributed by atoms with Crippen molar-refractivity contribution in [2.45, 2.75) is 50.7 Å². The number of aromatic nitrogens is 1. The number of fused-ring (bicyclic) bond motifs is 1. The Morgan fingerprint density at radius 2 is 2.12 bits per heavy atom. The molecule has 1 unspecified atom stereocenters. The monoisotopic (exact) mass is 328 g/mol. The predicted octanol–water partition coefficient (Wildman–Crippen LogP) is 3.75. The van der Waals surface area contributed by atoms with Crippen LogP contribution in [0.1, 0.15) is 37.7 Å². The van der Waals surface area contributed by atoms with Gasteiger partial charge in [0.05, 0.1) is 12.7 Å². The molecule has 1 saturated carbocycles. The summed E-state index contributed by atoms with van der Waals surface area (Å²) >= 11 is 0. The number of rotatable bonds is 7. The lowest BCUT2D eigenvalue weighted by Crippen LogP contribution is -2.33. The van der Waals surface area contributed by atoms with E-state index < -0.39 is 0 Å². The van der Waals surface area contributed by atoms with Crippen LogP contribution < -0.4 is 4.74 Å². The van der Waals surface area contributed by atoms with Crippen LogP contribution in [0.25, 0.3) is 10.9 Å². The van der Waals surface area contributed by atoms with E-state index in [2.05, 4.69) is 34.3 Å². The number of hydrogen-bond acceptors (Lipinski definition) is 3. The third-order valence-corrected chi connectivity index (χ3v) is 5.63. The van der Waals surface area contributed by atoms with Gasteiger partial charge in [-0.3, -0.25) is 4.90 Å². The van der Waals surface area contributed by atoms with Crippen LogP contribution in [0.2, 0.25) is 0 Å². The molecule has 24 heavy (non-hydrogen) atoms. The molecule has 1 aliphatic carbocycles. The first-order valence-corrected chi connectivity index (χ1v) is 9.33. The number of aromatic amines is 1. The van der Waals surface area contributed by atoms with E-state index in [-0.39, 0.29) is 0 Å². The van der Waals surface area contributed by atoms with E-state index in [1.54, 1.807) is 7.11 Å². The first kappa shape index (κ1) is 16.0. The minimum absolute atomic E-state index is 0.434. The number of ether oxygens (including phenoxy) is 2. The maximum atomic E-state index is 6.09. The zero-order chi connectivity index (χ0) is 16.4. The average Bonchev–Trinajstić information content (AvgIpc) is 3.16. The SMILES string of the molecule is COCCN1CCCC1Cc1c[nH]c2ccc(OC3CCC3)cc12. The molecule has 1 atom stereocenters. The van der Waals surface area contributed by atoms with E-state index in [9.17, 15) is 0 Å². The van der Waals surface area contributed by atoms with E-state index in [1.165, 1.54) is 55.1 Å². The van der Waals surface area contributed by atoms with E-state index in [0.717, 1.165) is 25.3 Å². The molecule has 4 nitrogen and oxygen atoms in total. The Kier molecular flexibility index (Phi) is 4.76. The lowest BCUT2D eigenvalue weighted by atomic mass is 9.96. The van der Waals surface area contributed by atoms with Crippen molar-refractivity contribution in [2.75, 3.05) is 26.8 Å². The van der Waals surface area contributed by atoms with Gasteiger partial charge in [-0.25, -0.2) is 0 Å². The van der Waals surface area contributed by atoms with Gasteiger partial charge in [0.1, 0.15) is 5.75 Å². The summed E-state index contributed by atoms with van der Waals surface area (Å²) in [6, 6.07) is 7.12. The summed E-state index contributed by atoms with van der Waals surface area (Å²) in [5.41, 5.74) is 2.63. The van der Waals surface area contributed by atoms with Gasteiger partial charge < -0.3 is 14.5 Å². The van der Waals surface area contributed by atoms with E-state index in [1.807, 2.05) is 0 Å². The van der Waals surface area contributed by atoms with Crippen molar-refractivity contribution in [1.82, 2.24) is 9.88 Å². The maximum absolute atomic E-state index is 6.09. The first-order valence-electron chi connectivity index (χ1n) is 9.33. The highest BCUT2D eigenvalue weighted by Crippen LogP contribution is 2.30. The number of methoxy groups -OCH3 is 1. The van der Waals surface area contributed by atoms with Gasteiger partial charge in [0.2, 0.25) is 0 Å². The highest BCUT2D eigenvalue weighted by molar-refractivity contribution is 5.84. The van der Waals surface area contributed by atoms with Crippen molar-refractivity contribution >= 4 is 10.9 Å². The quantitative estimate of drug-likeness (QED) is 0.841. The van der Waals surface area contributed by atoms with E-state index in [0.29, 0.717) is 12.1 Å². The van der Waals surface area contributed by atoms with E-state index >= 15 is 0 Å². The fraction of sp³-hybridized carbons (Fsp3) is 0.600. The number of likely N-dealkylation sites (tertiary alicyclic amines) is 1. The minimum Gasteiger partial charge on any atom is -0.490 e. The molecular weight excluding hydrogens is 300 g/mol. The fourth-order valence-electron chi connectivity index (χ4n) is 3.96. The molecular formula is C20H28N2O2. The van der Waals surface area contributed by atoms with Gasteiger partial charge in [0.15, 0.2) is 0 Å². The molecule has 1 N–H and O–H groups in total. The third kappa shape index (κ3) is 3.31. The van der Waals surface area contributed by atoms with Crippen molar-refractivity contribution < 1.29 is 9.47 Å². The van der Waals surface area contributed by atoms with Gasteiger partial charge in [-0.15, -0.1) is 0 Å². The van der Waals surface area contributed by atoms with Crippen LogP contribution in [0.4, 0.5) is 0 Å². The van der Waals surface area contributed by atoms with Gasteiger partial charge >= 0.3 is 0 Å². The van der Waals surface area contributed by atoms with Gasteiger partial charge in [-0.2, -0.15) is 0 Å². The summed E-state index contributed by atoms with van der Waals surface area (Å²) in [7, 11) is 1.79. The number of H-pyrrole nitrogens is 1. The molecule has 2 heterocycles. The van der Waals surface area contributed by atoms with Crippen LogP contribution >= 0.6 is 0 Å². The number of hydrogen-bond donors (Lipinski definition) is 1. The topological polar surface area (TPSA) is 37.5 Å². The molecule has 2 aliphatic rings. The van der Waals surface area contributed by atoms with Crippen LogP contribution in [0.15, 0.2) is 24.4 Å². The molecule has 130 valence electrons. The van der Waals surface area contributed by atoms with Crippen LogP contribution in [-0.2, 0) is 11.2 Å². The van der Waals surface area contributed by atoms with Gasteiger partial charge in [-0.05, 0) is 68.8 Å². The lowest BCUT2D eigenvalue weighted by Gasteiger charge is -2.26. The first-order chi connectivity index (χ1) is 11.8. The summed E-state index contributed by atoms with van der Waals surface area (Å²) in [6.45, 7) is 3.07. The molecule has 2 fully saturated rings. The molecule has 4 heteroatoms. The molecule has 1 aromatic carbocycles. The van der Waals surface area contributed by atoms with Crippen LogP contribution in [0.3, 0.4) is 0 Å². The molecule has 2 aromatic rings. The Morgan fingerprint density at radius 1 is 1.21 bits per heavy atom. The lowest BCUT2D eigenvalue weighted by molar-refractivity contribution is 0.120. The summed E-state index contributed by atoms with van der Waals surface area (Å²) in [5.74, 6) is 1.02. The van der Waals surface area contributed by atoms with Gasteiger partial charge in [-0.1, -0.05) is 0 Å². The second-order valence-electron chi connectivity index (χ2n) is 7.22. The Labute approximate surface area is 144 Å². The summed E-state index contributed by atoms with van der Waals surface area (Å²) in [6.07, 6.45) is 10.0. The van der Waals surface area contributed by atoms with Gasteiger partial charge in [0, 0.05) is 36.8 Å². The second kappa shape index (κ2) is 7.16. The van der Waals surface area contributed by atoms with Crippen molar-refractivity contribution in [3.05, 3.63) is 30.0 Å². The highest BCUT2D eigenvalue weighted by Gasteiger charge is 2.25. The Morgan fingerprint density at radius 3 is 2.92 bits per heavy atom. The largest absolute Gasteiger partial charge is 0.490 e. The van der Waals surface area contributed by atoms with Crippen LogP contribution in [0, 0.1) is 0 Å². The zero-order valence-electron chi connectivity index (χ0n) is 14.6. The summed E-state index contributed by atoms with van der Waals surface area (Å²) in [4.78, 5) is 6.01. The predicted molar refractivity (Wildman–Crippen MR) is 96.7 cm³/mol. The molecule has 0 spiro atoms. The molecule has 0 radical (unpaired) electrons. The molecule has 4 rings (SSSR count). The minimum atomic E-state index is 0.434. The fourth-order valence-corrected chi connectivity index (χ4v) is 3.96. The van der Waals surface area contributed by atoms with Crippen molar-refractivity contribution in [3.8, 4) is 5.75 Å². The molecule has 1 saturated heterocycles. The van der Waals surface area contributed by atoms with Gasteiger partial charge in [0.25, 0.3) is 0 Å². The number of nitrogens with zero attached hydrogens (tertiary/aromatic N) is 1. The van der Waals surface area contributed by atoms with Crippen LogP contribution in [0.5, 0.6) is 5.75 Å². The molecule has 1 aliphatic heterocycles. The summed E-state index contributed by atoms with van der Waals surface area (Å²) in [5, 5.41) is 1.32. The average molecular weight is 328 g/mol. The standard InChI is InChI=1S/C20H28N2O2/c1-23-11-10-22-9-3-4-16(22)12-15-14-21-20-8-7-18(13-19(15)20)24-17-5-2-6-17/h7-8,13-14,16-17,21H,2-6,9-12H2,1H3. The number of benzene rings is 1. The normalized spacial score (nSPS) is 22.1. The Hall–Kier alpha value is -1.52. The number of nitrogens with one attached hydrogen (secondary N) is 1. The summed E-state index contributed by atoms with van der Waals surface area (Å²) < 4.78 is 11.3. The maximum Gasteiger partial charge on any atom is 0.120 e. The Balaban J connectivity index is 1.49. The highest BCUT2D eigenvalue weighted by atomic mass is 16.5. The second-order valence-corrected chi connectivity index (χ2v) is 7.22. The molecule has 0 bridgehead atoms. The zero-order valence-corrected chi connectivity index (χ0v) is 14.6. The molecule has 1 aromatic heterocycles. The molecule has 0 amide bonds. The van der Waals surface area contributed by atoms with Crippen molar-refractivity contribution in [1.29, 1.82) is 0 Å². The van der Waals surface area contributed by atoms with Crippen molar-refractivity contribution in [3.63, 3.8) is 0 Å².